The summed E-state index contributed by atoms with van der Waals surface area (Å²) in [4.78, 5) is 11.8. The van der Waals surface area contributed by atoms with Gasteiger partial charge in [0.05, 0.1) is 6.20 Å². The second-order valence-corrected chi connectivity index (χ2v) is 3.56. The molecule has 82 valence electrons. The Morgan fingerprint density at radius 3 is 2.69 bits per heavy atom. The topological polar surface area (TPSA) is 55.1 Å². The molecule has 0 radical (unpaired) electrons. The monoisotopic (exact) mass is 216 g/mol. The lowest BCUT2D eigenvalue weighted by molar-refractivity contribution is 0.102. The highest BCUT2D eigenvalue weighted by Crippen LogP contribution is 2.15. The number of hydrogen-bond donors (Lipinski definition) is 1. The standard InChI is InChI=1S/C12H12N2O2/c1-8-5-3-4-6-11(8)14-12(15)10-7-13-16-9(10)2/h3-7H,1-2H3,(H,14,15). The largest absolute Gasteiger partial charge is 0.361 e. The third-order valence-corrected chi connectivity index (χ3v) is 2.39. The fourth-order valence-electron chi connectivity index (χ4n) is 1.42. The molecule has 0 bridgehead atoms. The molecule has 0 atom stereocenters. The van der Waals surface area contributed by atoms with Crippen molar-refractivity contribution in [1.82, 2.24) is 5.16 Å². The van der Waals surface area contributed by atoms with Gasteiger partial charge in [0.15, 0.2) is 0 Å². The third kappa shape index (κ3) is 1.95. The summed E-state index contributed by atoms with van der Waals surface area (Å²) in [6.07, 6.45) is 1.42. The van der Waals surface area contributed by atoms with E-state index in [-0.39, 0.29) is 5.91 Å². The van der Waals surface area contributed by atoms with Crippen molar-refractivity contribution >= 4 is 11.6 Å². The maximum atomic E-state index is 11.8. The lowest BCUT2D eigenvalue weighted by atomic mass is 10.2. The van der Waals surface area contributed by atoms with Crippen LogP contribution in [-0.4, -0.2) is 11.1 Å². The minimum Gasteiger partial charge on any atom is -0.361 e. The fourth-order valence-corrected chi connectivity index (χ4v) is 1.42. The van der Waals surface area contributed by atoms with Gasteiger partial charge in [-0.2, -0.15) is 0 Å². The van der Waals surface area contributed by atoms with E-state index in [4.69, 9.17) is 4.52 Å². The molecule has 0 unspecified atom stereocenters. The minimum absolute atomic E-state index is 0.201. The van der Waals surface area contributed by atoms with Crippen LogP contribution in [0.3, 0.4) is 0 Å². The number of nitrogens with one attached hydrogen (secondary N) is 1. The zero-order valence-electron chi connectivity index (χ0n) is 9.15. The van der Waals surface area contributed by atoms with Crippen LogP contribution in [0.25, 0.3) is 0 Å². The number of aryl methyl sites for hydroxylation is 2. The number of amides is 1. The molecule has 16 heavy (non-hydrogen) atoms. The number of nitrogens with zero attached hydrogens (tertiary/aromatic N) is 1. The highest BCUT2D eigenvalue weighted by molar-refractivity contribution is 6.05. The van der Waals surface area contributed by atoms with Crippen LogP contribution < -0.4 is 5.32 Å². The Morgan fingerprint density at radius 1 is 1.31 bits per heavy atom. The summed E-state index contributed by atoms with van der Waals surface area (Å²) < 4.78 is 4.84. The molecule has 4 nitrogen and oxygen atoms in total. The van der Waals surface area contributed by atoms with Gasteiger partial charge in [0.2, 0.25) is 0 Å². The first-order valence-corrected chi connectivity index (χ1v) is 4.97. The molecule has 0 saturated carbocycles. The van der Waals surface area contributed by atoms with Gasteiger partial charge in [-0.15, -0.1) is 0 Å². The van der Waals surface area contributed by atoms with Gasteiger partial charge in [-0.05, 0) is 25.5 Å². The van der Waals surface area contributed by atoms with Gasteiger partial charge < -0.3 is 9.84 Å². The zero-order chi connectivity index (χ0) is 11.5. The smallest absolute Gasteiger partial charge is 0.260 e. The number of para-hydroxylation sites is 1. The van der Waals surface area contributed by atoms with E-state index in [9.17, 15) is 4.79 Å². The summed E-state index contributed by atoms with van der Waals surface area (Å²) in [5, 5.41) is 6.39. The molecule has 1 aromatic carbocycles. The zero-order valence-corrected chi connectivity index (χ0v) is 9.15. The van der Waals surface area contributed by atoms with E-state index in [1.807, 2.05) is 31.2 Å². The van der Waals surface area contributed by atoms with E-state index >= 15 is 0 Å². The van der Waals surface area contributed by atoms with Gasteiger partial charge in [-0.1, -0.05) is 23.4 Å². The number of carbonyl (C=O) groups is 1. The van der Waals surface area contributed by atoms with E-state index in [1.54, 1.807) is 6.92 Å². The first-order chi connectivity index (χ1) is 7.68. The normalized spacial score (nSPS) is 10.1. The average Bonchev–Trinajstić information content (AvgIpc) is 2.68. The van der Waals surface area contributed by atoms with Crippen molar-refractivity contribution in [2.24, 2.45) is 0 Å². The molecule has 1 heterocycles. The second-order valence-electron chi connectivity index (χ2n) is 3.56. The number of hydrogen-bond acceptors (Lipinski definition) is 3. The number of anilines is 1. The predicted molar refractivity (Wildman–Crippen MR) is 60.4 cm³/mol. The van der Waals surface area contributed by atoms with Crippen molar-refractivity contribution in [2.45, 2.75) is 13.8 Å². The lowest BCUT2D eigenvalue weighted by Crippen LogP contribution is -2.12. The summed E-state index contributed by atoms with van der Waals surface area (Å²) in [7, 11) is 0. The van der Waals surface area contributed by atoms with Gasteiger partial charge in [0.1, 0.15) is 11.3 Å². The van der Waals surface area contributed by atoms with Crippen LogP contribution in [0.2, 0.25) is 0 Å². The Bertz CT molecular complexity index is 517. The fraction of sp³-hybridized carbons (Fsp3) is 0.167. The third-order valence-electron chi connectivity index (χ3n) is 2.39. The van der Waals surface area contributed by atoms with Gasteiger partial charge in [0.25, 0.3) is 5.91 Å². The summed E-state index contributed by atoms with van der Waals surface area (Å²) in [5.74, 6) is 0.319. The number of carbonyl (C=O) groups excluding carboxylic acids is 1. The summed E-state index contributed by atoms with van der Waals surface area (Å²) in [5.41, 5.74) is 2.28. The van der Waals surface area contributed by atoms with Crippen LogP contribution in [0.5, 0.6) is 0 Å². The molecule has 0 spiro atoms. The summed E-state index contributed by atoms with van der Waals surface area (Å²) >= 11 is 0. The molecule has 4 heteroatoms. The van der Waals surface area contributed by atoms with Gasteiger partial charge >= 0.3 is 0 Å². The Kier molecular flexibility index (Phi) is 2.72. The molecule has 1 aromatic heterocycles. The minimum atomic E-state index is -0.201. The maximum Gasteiger partial charge on any atom is 0.260 e. The van der Waals surface area contributed by atoms with Crippen LogP contribution in [0, 0.1) is 13.8 Å². The molecular formula is C12H12N2O2. The number of benzene rings is 1. The maximum absolute atomic E-state index is 11.8. The highest BCUT2D eigenvalue weighted by atomic mass is 16.5. The molecular weight excluding hydrogens is 204 g/mol. The summed E-state index contributed by atoms with van der Waals surface area (Å²) in [6.45, 7) is 3.65. The molecule has 0 aliphatic rings. The van der Waals surface area contributed by atoms with Gasteiger partial charge in [-0.25, -0.2) is 0 Å². The first-order valence-electron chi connectivity index (χ1n) is 4.97. The van der Waals surface area contributed by atoms with Crippen LogP contribution in [-0.2, 0) is 0 Å². The lowest BCUT2D eigenvalue weighted by Gasteiger charge is -2.06. The van der Waals surface area contributed by atoms with Gasteiger partial charge in [-0.3, -0.25) is 4.79 Å². The van der Waals surface area contributed by atoms with Crippen molar-refractivity contribution in [3.05, 3.63) is 47.3 Å². The number of aromatic nitrogens is 1. The van der Waals surface area contributed by atoms with Crippen molar-refractivity contribution in [1.29, 1.82) is 0 Å². The van der Waals surface area contributed by atoms with Crippen LogP contribution in [0.1, 0.15) is 21.7 Å². The Morgan fingerprint density at radius 2 is 2.06 bits per heavy atom. The highest BCUT2D eigenvalue weighted by Gasteiger charge is 2.13. The van der Waals surface area contributed by atoms with E-state index in [1.165, 1.54) is 6.20 Å². The van der Waals surface area contributed by atoms with E-state index < -0.39 is 0 Å². The molecule has 0 fully saturated rings. The first kappa shape index (κ1) is 10.4. The molecule has 2 aromatic rings. The molecule has 1 N–H and O–H groups in total. The molecule has 0 aliphatic carbocycles. The quantitative estimate of drug-likeness (QED) is 0.839. The molecule has 0 aliphatic heterocycles. The Labute approximate surface area is 93.3 Å². The van der Waals surface area contributed by atoms with Crippen LogP contribution in [0.15, 0.2) is 35.0 Å². The average molecular weight is 216 g/mol. The molecule has 2 rings (SSSR count). The SMILES string of the molecule is Cc1ccccc1NC(=O)c1cnoc1C. The molecule has 0 saturated heterocycles. The Hall–Kier alpha value is -2.10. The Balaban J connectivity index is 2.21. The van der Waals surface area contributed by atoms with E-state index in [0.29, 0.717) is 11.3 Å². The van der Waals surface area contributed by atoms with E-state index in [2.05, 4.69) is 10.5 Å². The number of rotatable bonds is 2. The van der Waals surface area contributed by atoms with Crippen molar-refractivity contribution in [2.75, 3.05) is 5.32 Å². The van der Waals surface area contributed by atoms with Crippen molar-refractivity contribution in [3.63, 3.8) is 0 Å². The van der Waals surface area contributed by atoms with Crippen molar-refractivity contribution < 1.29 is 9.32 Å². The summed E-state index contributed by atoms with van der Waals surface area (Å²) in [6, 6.07) is 7.60. The van der Waals surface area contributed by atoms with E-state index in [0.717, 1.165) is 11.3 Å². The van der Waals surface area contributed by atoms with Crippen LogP contribution >= 0.6 is 0 Å². The molecule has 1 amide bonds. The second kappa shape index (κ2) is 4.18. The van der Waals surface area contributed by atoms with Crippen LogP contribution in [0.4, 0.5) is 5.69 Å². The van der Waals surface area contributed by atoms with Crippen molar-refractivity contribution in [3.8, 4) is 0 Å². The predicted octanol–water partition coefficient (Wildman–Crippen LogP) is 2.54. The van der Waals surface area contributed by atoms with Gasteiger partial charge in [0, 0.05) is 5.69 Å².